The molecular weight excluding hydrogens is 295 g/mol. The molecule has 1 fully saturated rings. The van der Waals surface area contributed by atoms with Crippen molar-refractivity contribution in [3.8, 4) is 0 Å². The van der Waals surface area contributed by atoms with Gasteiger partial charge < -0.3 is 20.1 Å². The summed E-state index contributed by atoms with van der Waals surface area (Å²) in [4.78, 5) is 12.0. The highest BCUT2D eigenvalue weighted by Crippen LogP contribution is 2.34. The number of aliphatic hydroxyl groups excluding tert-OH is 2. The summed E-state index contributed by atoms with van der Waals surface area (Å²) in [5, 5.41) is 27.3. The second-order valence-corrected chi connectivity index (χ2v) is 5.39. The SMILES string of the molecule is O=C(c1ccc(Cl)cc1)C(O)[C@H]1OC(O)(Cl)C[C@@H]1O. The first kappa shape index (κ1) is 14.7. The van der Waals surface area contributed by atoms with Crippen molar-refractivity contribution in [2.75, 3.05) is 0 Å². The molecule has 0 radical (unpaired) electrons. The van der Waals surface area contributed by atoms with Crippen LogP contribution in [-0.2, 0) is 4.74 Å². The van der Waals surface area contributed by atoms with Crippen molar-refractivity contribution >= 4 is 29.0 Å². The summed E-state index contributed by atoms with van der Waals surface area (Å²) in [5.41, 5.74) is 0.220. The zero-order chi connectivity index (χ0) is 14.2. The van der Waals surface area contributed by atoms with E-state index in [0.29, 0.717) is 5.02 Å². The van der Waals surface area contributed by atoms with Gasteiger partial charge in [-0.3, -0.25) is 4.79 Å². The molecule has 1 aromatic rings. The second-order valence-electron chi connectivity index (χ2n) is 4.36. The monoisotopic (exact) mass is 306 g/mol. The third-order valence-electron chi connectivity index (χ3n) is 2.87. The first-order valence-electron chi connectivity index (χ1n) is 5.55. The van der Waals surface area contributed by atoms with Crippen molar-refractivity contribution in [3.05, 3.63) is 34.9 Å². The maximum atomic E-state index is 12.0. The van der Waals surface area contributed by atoms with Gasteiger partial charge in [-0.25, -0.2) is 0 Å². The molecule has 3 N–H and O–H groups in total. The van der Waals surface area contributed by atoms with E-state index < -0.39 is 29.3 Å². The Morgan fingerprint density at radius 2 is 2.00 bits per heavy atom. The summed E-state index contributed by atoms with van der Waals surface area (Å²) in [6, 6.07) is 5.90. The minimum absolute atomic E-state index is 0.220. The van der Waals surface area contributed by atoms with Gasteiger partial charge in [0.2, 0.25) is 5.25 Å². The number of benzene rings is 1. The molecule has 1 aromatic carbocycles. The fourth-order valence-electron chi connectivity index (χ4n) is 1.92. The Bertz CT molecular complexity index is 474. The number of rotatable bonds is 3. The molecule has 1 heterocycles. The van der Waals surface area contributed by atoms with Crippen LogP contribution < -0.4 is 0 Å². The molecule has 0 aromatic heterocycles. The topological polar surface area (TPSA) is 87.0 Å². The molecule has 104 valence electrons. The summed E-state index contributed by atoms with van der Waals surface area (Å²) < 4.78 is 4.86. The van der Waals surface area contributed by atoms with Gasteiger partial charge in [-0.2, -0.15) is 0 Å². The molecule has 0 saturated carbocycles. The maximum absolute atomic E-state index is 12.0. The van der Waals surface area contributed by atoms with Crippen LogP contribution in [0.4, 0.5) is 0 Å². The van der Waals surface area contributed by atoms with Gasteiger partial charge in [-0.15, -0.1) is 0 Å². The Labute approximate surface area is 119 Å². The molecule has 0 aliphatic carbocycles. The van der Waals surface area contributed by atoms with Crippen molar-refractivity contribution in [2.45, 2.75) is 30.0 Å². The Morgan fingerprint density at radius 3 is 2.47 bits per heavy atom. The Morgan fingerprint density at radius 1 is 1.42 bits per heavy atom. The number of Topliss-reactive ketones (excluding diaryl/α,β-unsaturated/α-hetero) is 1. The van der Waals surface area contributed by atoms with E-state index in [1.54, 1.807) is 0 Å². The van der Waals surface area contributed by atoms with E-state index in [1.807, 2.05) is 0 Å². The summed E-state index contributed by atoms with van der Waals surface area (Å²) in [6.45, 7) is 0. The second kappa shape index (κ2) is 5.36. The van der Waals surface area contributed by atoms with Crippen molar-refractivity contribution in [2.24, 2.45) is 0 Å². The van der Waals surface area contributed by atoms with Crippen LogP contribution in [0.15, 0.2) is 24.3 Å². The zero-order valence-corrected chi connectivity index (χ0v) is 11.2. The van der Waals surface area contributed by atoms with Crippen molar-refractivity contribution in [1.82, 2.24) is 0 Å². The van der Waals surface area contributed by atoms with Gasteiger partial charge in [0.1, 0.15) is 12.2 Å². The summed E-state index contributed by atoms with van der Waals surface area (Å²) >= 11 is 11.2. The van der Waals surface area contributed by atoms with Crippen LogP contribution in [0.2, 0.25) is 5.02 Å². The van der Waals surface area contributed by atoms with Crippen LogP contribution in [0.1, 0.15) is 16.8 Å². The Kier molecular flexibility index (Phi) is 4.15. The molecule has 4 atom stereocenters. The van der Waals surface area contributed by atoms with Gasteiger partial charge in [-0.05, 0) is 24.3 Å². The van der Waals surface area contributed by atoms with E-state index >= 15 is 0 Å². The molecule has 0 spiro atoms. The lowest BCUT2D eigenvalue weighted by molar-refractivity contribution is -0.149. The van der Waals surface area contributed by atoms with Crippen LogP contribution in [0, 0.1) is 0 Å². The molecular formula is C12H12Cl2O5. The average molecular weight is 307 g/mol. The number of carbonyl (C=O) groups excluding carboxylic acids is 1. The predicted molar refractivity (Wildman–Crippen MR) is 68.1 cm³/mol. The minimum Gasteiger partial charge on any atom is -0.390 e. The number of halogens is 2. The molecule has 2 rings (SSSR count). The molecule has 19 heavy (non-hydrogen) atoms. The minimum atomic E-state index is -2.06. The lowest BCUT2D eigenvalue weighted by Crippen LogP contribution is -2.40. The zero-order valence-electron chi connectivity index (χ0n) is 9.66. The van der Waals surface area contributed by atoms with E-state index in [1.165, 1.54) is 24.3 Å². The van der Waals surface area contributed by atoms with E-state index in [2.05, 4.69) is 0 Å². The Hall–Kier alpha value is -0.690. The quantitative estimate of drug-likeness (QED) is 0.571. The number of ether oxygens (including phenoxy) is 1. The standard InChI is InChI=1S/C12H12Cl2O5/c13-7-3-1-6(2-4-7)9(16)10(17)11-8(15)5-12(14,18)19-11/h1-4,8,10-11,15,17-18H,5H2/t8-,10?,11-,12?/m0/s1. The van der Waals surface area contributed by atoms with Crippen molar-refractivity contribution in [1.29, 1.82) is 0 Å². The Balaban J connectivity index is 2.13. The number of hydrogen-bond acceptors (Lipinski definition) is 5. The number of carbonyl (C=O) groups is 1. The van der Waals surface area contributed by atoms with Crippen LogP contribution in [0.3, 0.4) is 0 Å². The van der Waals surface area contributed by atoms with Gasteiger partial charge in [0.15, 0.2) is 5.78 Å². The van der Waals surface area contributed by atoms with E-state index in [4.69, 9.17) is 27.9 Å². The van der Waals surface area contributed by atoms with Gasteiger partial charge in [-0.1, -0.05) is 23.2 Å². The molecule has 5 nitrogen and oxygen atoms in total. The third kappa shape index (κ3) is 3.25. The highest BCUT2D eigenvalue weighted by molar-refractivity contribution is 6.30. The summed E-state index contributed by atoms with van der Waals surface area (Å²) in [6.07, 6.45) is -4.41. The molecule has 1 aliphatic rings. The molecule has 1 aliphatic heterocycles. The van der Waals surface area contributed by atoms with Gasteiger partial charge in [0, 0.05) is 17.0 Å². The van der Waals surface area contributed by atoms with Gasteiger partial charge in [0.05, 0.1) is 6.10 Å². The summed E-state index contributed by atoms with van der Waals surface area (Å²) in [5.74, 6) is -0.643. The van der Waals surface area contributed by atoms with Crippen LogP contribution in [0.25, 0.3) is 0 Å². The molecule has 2 unspecified atom stereocenters. The predicted octanol–water partition coefficient (Wildman–Crippen LogP) is 0.918. The third-order valence-corrected chi connectivity index (χ3v) is 3.36. The average Bonchev–Trinajstić information content (AvgIpc) is 2.62. The van der Waals surface area contributed by atoms with E-state index in [9.17, 15) is 20.1 Å². The first-order valence-corrected chi connectivity index (χ1v) is 6.31. The molecule has 7 heteroatoms. The highest BCUT2D eigenvalue weighted by Gasteiger charge is 2.48. The number of ketones is 1. The lowest BCUT2D eigenvalue weighted by atomic mass is 9.99. The molecule has 0 amide bonds. The van der Waals surface area contributed by atoms with Crippen molar-refractivity contribution in [3.63, 3.8) is 0 Å². The van der Waals surface area contributed by atoms with Gasteiger partial charge in [0.25, 0.3) is 0 Å². The summed E-state index contributed by atoms with van der Waals surface area (Å²) in [7, 11) is 0. The largest absolute Gasteiger partial charge is 0.390 e. The lowest BCUT2D eigenvalue weighted by Gasteiger charge is -2.20. The van der Waals surface area contributed by atoms with E-state index in [0.717, 1.165) is 0 Å². The maximum Gasteiger partial charge on any atom is 0.248 e. The number of hydrogen-bond donors (Lipinski definition) is 3. The van der Waals surface area contributed by atoms with Gasteiger partial charge >= 0.3 is 0 Å². The molecule has 1 saturated heterocycles. The highest BCUT2D eigenvalue weighted by atomic mass is 35.5. The fraction of sp³-hybridized carbons (Fsp3) is 0.417. The van der Waals surface area contributed by atoms with E-state index in [-0.39, 0.29) is 12.0 Å². The fourth-order valence-corrected chi connectivity index (χ4v) is 2.31. The van der Waals surface area contributed by atoms with Crippen LogP contribution in [-0.4, -0.2) is 44.7 Å². The normalized spacial score (nSPS) is 32.3. The van der Waals surface area contributed by atoms with Crippen LogP contribution in [0.5, 0.6) is 0 Å². The molecule has 0 bridgehead atoms. The number of alkyl halides is 1. The van der Waals surface area contributed by atoms with Crippen molar-refractivity contribution < 1.29 is 24.9 Å². The smallest absolute Gasteiger partial charge is 0.248 e. The van der Waals surface area contributed by atoms with Crippen LogP contribution >= 0.6 is 23.2 Å². The first-order chi connectivity index (χ1) is 8.80. The number of aliphatic hydroxyl groups is 3.